The number of pyridine rings is 1. The van der Waals surface area contributed by atoms with Gasteiger partial charge in [-0.1, -0.05) is 13.0 Å². The molecule has 0 spiro atoms. The van der Waals surface area contributed by atoms with Gasteiger partial charge in [0, 0.05) is 37.5 Å². The van der Waals surface area contributed by atoms with E-state index >= 15 is 0 Å². The van der Waals surface area contributed by atoms with Crippen molar-refractivity contribution in [2.24, 2.45) is 5.92 Å². The number of nitrogen functional groups attached to an aromatic ring is 1. The molecule has 1 aliphatic heterocycles. The molecule has 6 nitrogen and oxygen atoms in total. The van der Waals surface area contributed by atoms with Crippen LogP contribution >= 0.6 is 0 Å². The van der Waals surface area contributed by atoms with Gasteiger partial charge in [0.15, 0.2) is 0 Å². The summed E-state index contributed by atoms with van der Waals surface area (Å²) in [5, 5.41) is 2.61. The lowest BCUT2D eigenvalue weighted by Crippen LogP contribution is -2.37. The zero-order valence-electron chi connectivity index (χ0n) is 15.7. The van der Waals surface area contributed by atoms with Crippen molar-refractivity contribution in [2.45, 2.75) is 27.2 Å². The summed E-state index contributed by atoms with van der Waals surface area (Å²) in [5.74, 6) is 0.965. The molecule has 0 saturated heterocycles. The summed E-state index contributed by atoms with van der Waals surface area (Å²) >= 11 is 0. The van der Waals surface area contributed by atoms with Gasteiger partial charge in [0.2, 0.25) is 5.91 Å². The maximum Gasteiger partial charge on any atom is 0.251 e. The van der Waals surface area contributed by atoms with E-state index in [2.05, 4.69) is 17.2 Å². The van der Waals surface area contributed by atoms with Crippen LogP contribution in [0.3, 0.4) is 0 Å². The molecule has 1 aromatic carbocycles. The largest absolute Gasteiger partial charge is 0.384 e. The molecule has 3 N–H and O–H groups in total. The van der Waals surface area contributed by atoms with E-state index in [1.54, 1.807) is 31.0 Å². The fraction of sp³-hybridized carbons (Fsp3) is 0.350. The lowest BCUT2D eigenvalue weighted by molar-refractivity contribution is -0.116. The highest BCUT2D eigenvalue weighted by atomic mass is 16.2. The maximum atomic E-state index is 11.6. The number of anilines is 2. The lowest BCUT2D eigenvalue weighted by Gasteiger charge is -2.32. The Hall–Kier alpha value is -2.89. The molecule has 2 amide bonds. The molecule has 0 bridgehead atoms. The second-order valence-corrected chi connectivity index (χ2v) is 6.57. The van der Waals surface area contributed by atoms with Crippen molar-refractivity contribution in [1.29, 1.82) is 0 Å². The van der Waals surface area contributed by atoms with Crippen molar-refractivity contribution in [2.75, 3.05) is 24.2 Å². The van der Waals surface area contributed by atoms with E-state index in [0.29, 0.717) is 17.3 Å². The minimum absolute atomic E-state index is 0.0514. The standard InChI is InChI=1S/C14H18N2O2.C6H8N2/c1-9-6-12-7-11(14(18)15-3)4-5-13(12)16(8-9)10(2)17;1-5-3-2-4-6(7)8-5/h4-5,7,9H,6,8H2,1-3H3,(H,15,18);2-4H,1H3,(H2,7,8). The number of amides is 2. The van der Waals surface area contributed by atoms with Crippen LogP contribution in [0.5, 0.6) is 0 Å². The van der Waals surface area contributed by atoms with Crippen LogP contribution in [-0.2, 0) is 11.2 Å². The Kier molecular flexibility index (Phi) is 6.33. The van der Waals surface area contributed by atoms with E-state index in [1.807, 2.05) is 31.2 Å². The molecule has 0 radical (unpaired) electrons. The summed E-state index contributed by atoms with van der Waals surface area (Å²) in [7, 11) is 1.62. The molecule has 6 heteroatoms. The molecule has 1 unspecified atom stereocenters. The number of fused-ring (bicyclic) bond motifs is 1. The predicted molar refractivity (Wildman–Crippen MR) is 104 cm³/mol. The third-order valence-electron chi connectivity index (χ3n) is 4.21. The number of carbonyl (C=O) groups is 2. The van der Waals surface area contributed by atoms with Crippen molar-refractivity contribution >= 4 is 23.3 Å². The van der Waals surface area contributed by atoms with E-state index in [4.69, 9.17) is 5.73 Å². The van der Waals surface area contributed by atoms with Gasteiger partial charge in [-0.05, 0) is 55.2 Å². The Bertz CT molecular complexity index is 787. The zero-order chi connectivity index (χ0) is 19.3. The number of nitrogens with zero attached hydrogens (tertiary/aromatic N) is 2. The van der Waals surface area contributed by atoms with Crippen molar-refractivity contribution in [3.05, 3.63) is 53.2 Å². The van der Waals surface area contributed by atoms with Gasteiger partial charge in [-0.3, -0.25) is 9.59 Å². The van der Waals surface area contributed by atoms with Crippen molar-refractivity contribution in [1.82, 2.24) is 10.3 Å². The topological polar surface area (TPSA) is 88.3 Å². The molecule has 26 heavy (non-hydrogen) atoms. The third kappa shape index (κ3) is 4.81. The molecular weight excluding hydrogens is 328 g/mol. The number of benzene rings is 1. The number of nitrogens with two attached hydrogens (primary N) is 1. The lowest BCUT2D eigenvalue weighted by atomic mass is 9.92. The molecule has 2 aromatic rings. The highest BCUT2D eigenvalue weighted by molar-refractivity contribution is 5.97. The fourth-order valence-corrected chi connectivity index (χ4v) is 3.01. The third-order valence-corrected chi connectivity index (χ3v) is 4.21. The van der Waals surface area contributed by atoms with Gasteiger partial charge in [0.05, 0.1) is 0 Å². The van der Waals surface area contributed by atoms with Gasteiger partial charge in [-0.15, -0.1) is 0 Å². The van der Waals surface area contributed by atoms with E-state index < -0.39 is 0 Å². The minimum Gasteiger partial charge on any atom is -0.384 e. The average Bonchev–Trinajstić information content (AvgIpc) is 2.60. The van der Waals surface area contributed by atoms with E-state index in [1.165, 1.54) is 0 Å². The molecule has 1 aromatic heterocycles. The summed E-state index contributed by atoms with van der Waals surface area (Å²) < 4.78 is 0. The summed E-state index contributed by atoms with van der Waals surface area (Å²) in [6.45, 7) is 6.36. The zero-order valence-corrected chi connectivity index (χ0v) is 15.7. The fourth-order valence-electron chi connectivity index (χ4n) is 3.01. The van der Waals surface area contributed by atoms with Gasteiger partial charge in [0.25, 0.3) is 5.91 Å². The number of nitrogens with one attached hydrogen (secondary N) is 1. The van der Waals surface area contributed by atoms with Crippen LogP contribution in [0.2, 0.25) is 0 Å². The number of aromatic nitrogens is 1. The second-order valence-electron chi connectivity index (χ2n) is 6.57. The number of aryl methyl sites for hydroxylation is 1. The monoisotopic (exact) mass is 354 g/mol. The van der Waals surface area contributed by atoms with Gasteiger partial charge in [-0.25, -0.2) is 4.98 Å². The summed E-state index contributed by atoms with van der Waals surface area (Å²) in [5.41, 5.74) is 8.97. The quantitative estimate of drug-likeness (QED) is 0.824. The van der Waals surface area contributed by atoms with Crippen LogP contribution in [0.4, 0.5) is 11.5 Å². The van der Waals surface area contributed by atoms with Crippen LogP contribution in [0.25, 0.3) is 0 Å². The number of hydrogen-bond acceptors (Lipinski definition) is 4. The number of hydrogen-bond donors (Lipinski definition) is 2. The average molecular weight is 354 g/mol. The molecule has 0 saturated carbocycles. The molecule has 3 rings (SSSR count). The summed E-state index contributed by atoms with van der Waals surface area (Å²) in [4.78, 5) is 29.0. The molecule has 0 aliphatic carbocycles. The van der Waals surface area contributed by atoms with E-state index in [0.717, 1.165) is 29.9 Å². The first kappa shape index (κ1) is 19.4. The normalized spacial score (nSPS) is 15.4. The van der Waals surface area contributed by atoms with Gasteiger partial charge in [0.1, 0.15) is 5.82 Å². The Morgan fingerprint density at radius 3 is 2.54 bits per heavy atom. The smallest absolute Gasteiger partial charge is 0.251 e. The second kappa shape index (κ2) is 8.47. The Balaban J connectivity index is 0.000000254. The van der Waals surface area contributed by atoms with Gasteiger partial charge < -0.3 is 16.0 Å². The van der Waals surface area contributed by atoms with Crippen LogP contribution in [-0.4, -0.2) is 30.4 Å². The van der Waals surface area contributed by atoms with Gasteiger partial charge >= 0.3 is 0 Å². The van der Waals surface area contributed by atoms with Crippen LogP contribution < -0.4 is 16.0 Å². The van der Waals surface area contributed by atoms with Crippen LogP contribution in [0.1, 0.15) is 35.5 Å². The van der Waals surface area contributed by atoms with Crippen LogP contribution in [0.15, 0.2) is 36.4 Å². The molecule has 138 valence electrons. The molecule has 1 atom stereocenters. The maximum absolute atomic E-state index is 11.6. The first-order valence-corrected chi connectivity index (χ1v) is 8.64. The van der Waals surface area contributed by atoms with Crippen molar-refractivity contribution in [3.63, 3.8) is 0 Å². The highest BCUT2D eigenvalue weighted by Gasteiger charge is 2.24. The van der Waals surface area contributed by atoms with Gasteiger partial charge in [-0.2, -0.15) is 0 Å². The highest BCUT2D eigenvalue weighted by Crippen LogP contribution is 2.30. The Labute approximate surface area is 154 Å². The first-order chi connectivity index (χ1) is 12.3. The predicted octanol–water partition coefficient (Wildman–Crippen LogP) is 2.56. The van der Waals surface area contributed by atoms with Crippen molar-refractivity contribution in [3.8, 4) is 0 Å². The van der Waals surface area contributed by atoms with E-state index in [9.17, 15) is 9.59 Å². The molecule has 1 aliphatic rings. The Morgan fingerprint density at radius 1 is 1.27 bits per heavy atom. The summed E-state index contributed by atoms with van der Waals surface area (Å²) in [6.07, 6.45) is 0.907. The van der Waals surface area contributed by atoms with Crippen LogP contribution in [0, 0.1) is 12.8 Å². The Morgan fingerprint density at radius 2 is 2.00 bits per heavy atom. The number of rotatable bonds is 1. The van der Waals surface area contributed by atoms with E-state index in [-0.39, 0.29) is 11.8 Å². The molecular formula is C20H26N4O2. The first-order valence-electron chi connectivity index (χ1n) is 8.64. The number of carbonyl (C=O) groups excluding carboxylic acids is 2. The SMILES string of the molecule is CNC(=O)c1ccc2c(c1)CC(C)CN2C(C)=O.Cc1cccc(N)n1. The van der Waals surface area contributed by atoms with Crippen molar-refractivity contribution < 1.29 is 9.59 Å². The molecule has 2 heterocycles. The minimum atomic E-state index is -0.0922. The summed E-state index contributed by atoms with van der Waals surface area (Å²) in [6, 6.07) is 11.1. The molecule has 0 fully saturated rings.